The number of carbonyl (C=O) groups excluding carboxylic acids is 2. The van der Waals surface area contributed by atoms with Gasteiger partial charge in [-0.2, -0.15) is 5.10 Å². The smallest absolute Gasteiger partial charge is 0.274 e. The number of hydrogen-bond acceptors (Lipinski definition) is 5. The van der Waals surface area contributed by atoms with E-state index in [2.05, 4.69) is 36.2 Å². The van der Waals surface area contributed by atoms with Crippen LogP contribution in [-0.2, 0) is 10.3 Å². The van der Waals surface area contributed by atoms with Crippen molar-refractivity contribution in [2.45, 2.75) is 57.9 Å². The minimum atomic E-state index is -0.214. The van der Waals surface area contributed by atoms with Gasteiger partial charge in [-0.1, -0.05) is 0 Å². The molecule has 1 N–H and O–H groups in total. The predicted octanol–water partition coefficient (Wildman–Crippen LogP) is 3.46. The molecule has 4 rings (SSSR count). The summed E-state index contributed by atoms with van der Waals surface area (Å²) in [6.07, 6.45) is 5.60. The highest BCUT2D eigenvalue weighted by atomic mass is 32.1. The summed E-state index contributed by atoms with van der Waals surface area (Å²) in [6, 6.07) is 1.96. The van der Waals surface area contributed by atoms with E-state index in [0.29, 0.717) is 29.8 Å². The molecule has 1 atom stereocenters. The van der Waals surface area contributed by atoms with Crippen molar-refractivity contribution in [2.24, 2.45) is 5.92 Å². The van der Waals surface area contributed by atoms with E-state index in [9.17, 15) is 9.59 Å². The van der Waals surface area contributed by atoms with Crippen LogP contribution in [0, 0.1) is 5.92 Å². The summed E-state index contributed by atoms with van der Waals surface area (Å²) in [6.45, 7) is 7.43. The molecule has 2 aromatic heterocycles. The first-order valence-electron chi connectivity index (χ1n) is 9.93. The maximum Gasteiger partial charge on any atom is 0.274 e. The molecular weight excluding hydrogens is 374 g/mol. The van der Waals surface area contributed by atoms with E-state index in [1.807, 2.05) is 16.1 Å². The van der Waals surface area contributed by atoms with Crippen molar-refractivity contribution in [1.82, 2.24) is 19.7 Å². The summed E-state index contributed by atoms with van der Waals surface area (Å²) >= 11 is 1.40. The van der Waals surface area contributed by atoms with E-state index >= 15 is 0 Å². The zero-order chi connectivity index (χ0) is 19.9. The Morgan fingerprint density at radius 2 is 2.04 bits per heavy atom. The summed E-state index contributed by atoms with van der Waals surface area (Å²) in [4.78, 5) is 31.6. The highest BCUT2D eigenvalue weighted by molar-refractivity contribution is 7.13. The van der Waals surface area contributed by atoms with Gasteiger partial charge < -0.3 is 10.2 Å². The van der Waals surface area contributed by atoms with Crippen LogP contribution in [0.25, 0.3) is 0 Å². The lowest BCUT2D eigenvalue weighted by atomic mass is 9.97. The first kappa shape index (κ1) is 19.1. The third-order valence-electron chi connectivity index (χ3n) is 5.33. The van der Waals surface area contributed by atoms with Gasteiger partial charge in [0.05, 0.1) is 11.5 Å². The fourth-order valence-corrected chi connectivity index (χ4v) is 4.27. The van der Waals surface area contributed by atoms with Gasteiger partial charge in [0.25, 0.3) is 5.91 Å². The first-order valence-corrected chi connectivity index (χ1v) is 10.8. The predicted molar refractivity (Wildman–Crippen MR) is 109 cm³/mol. The number of thiazole rings is 1. The number of piperidine rings is 1. The van der Waals surface area contributed by atoms with Crippen molar-refractivity contribution < 1.29 is 9.59 Å². The molecular formula is C20H27N5O2S. The molecule has 8 heteroatoms. The van der Waals surface area contributed by atoms with Gasteiger partial charge in [0.1, 0.15) is 0 Å². The van der Waals surface area contributed by atoms with Crippen LogP contribution in [0.4, 0.5) is 5.13 Å². The minimum Gasteiger partial charge on any atom is -0.336 e. The van der Waals surface area contributed by atoms with Gasteiger partial charge in [-0.15, -0.1) is 11.3 Å². The van der Waals surface area contributed by atoms with Crippen LogP contribution >= 0.6 is 11.3 Å². The third-order valence-corrected chi connectivity index (χ3v) is 6.02. The van der Waals surface area contributed by atoms with Crippen LogP contribution in [0.5, 0.6) is 0 Å². The van der Waals surface area contributed by atoms with Crippen LogP contribution < -0.4 is 5.32 Å². The molecule has 1 unspecified atom stereocenters. The van der Waals surface area contributed by atoms with E-state index in [1.165, 1.54) is 11.3 Å². The number of rotatable bonds is 4. The van der Waals surface area contributed by atoms with Gasteiger partial charge in [-0.25, -0.2) is 4.98 Å². The van der Waals surface area contributed by atoms with Gasteiger partial charge in [0, 0.05) is 36.3 Å². The Labute approximate surface area is 169 Å². The van der Waals surface area contributed by atoms with Crippen molar-refractivity contribution in [3.05, 3.63) is 29.0 Å². The maximum atomic E-state index is 13.1. The number of hydrogen-bond donors (Lipinski definition) is 1. The fourth-order valence-electron chi connectivity index (χ4n) is 3.74. The summed E-state index contributed by atoms with van der Waals surface area (Å²) in [7, 11) is 0. The Hall–Kier alpha value is -2.22. The van der Waals surface area contributed by atoms with Crippen molar-refractivity contribution in [3.63, 3.8) is 0 Å². The topological polar surface area (TPSA) is 80.1 Å². The molecule has 2 aliphatic rings. The Balaban J connectivity index is 1.48. The average molecular weight is 402 g/mol. The molecule has 2 amide bonds. The highest BCUT2D eigenvalue weighted by Gasteiger charge is 2.35. The molecule has 3 heterocycles. The van der Waals surface area contributed by atoms with Gasteiger partial charge in [0.2, 0.25) is 5.91 Å². The van der Waals surface area contributed by atoms with Crippen LogP contribution in [0.3, 0.4) is 0 Å². The second-order valence-corrected chi connectivity index (χ2v) is 9.62. The zero-order valence-corrected chi connectivity index (χ0v) is 17.5. The van der Waals surface area contributed by atoms with Gasteiger partial charge in [-0.3, -0.25) is 14.3 Å². The highest BCUT2D eigenvalue weighted by Crippen LogP contribution is 2.42. The molecule has 2 aromatic rings. The molecule has 0 spiro atoms. The molecule has 2 fully saturated rings. The minimum absolute atomic E-state index is 0.0636. The SMILES string of the molecule is CC(C)(C)n1nc(C(=O)N2CCCC(C(=O)Nc3nccs3)C2)cc1C1CC1. The number of likely N-dealkylation sites (tertiary alicyclic amines) is 1. The Kier molecular flexibility index (Phi) is 4.99. The number of carbonyl (C=O) groups is 2. The van der Waals surface area contributed by atoms with E-state index in [-0.39, 0.29) is 23.3 Å². The molecule has 0 radical (unpaired) electrons. The van der Waals surface area contributed by atoms with Crippen molar-refractivity contribution in [3.8, 4) is 0 Å². The first-order chi connectivity index (χ1) is 13.3. The fraction of sp³-hybridized carbons (Fsp3) is 0.600. The van der Waals surface area contributed by atoms with E-state index in [1.54, 1.807) is 11.1 Å². The molecule has 0 aromatic carbocycles. The second-order valence-electron chi connectivity index (χ2n) is 8.73. The molecule has 1 saturated carbocycles. The summed E-state index contributed by atoms with van der Waals surface area (Å²) in [5.41, 5.74) is 1.50. The molecule has 150 valence electrons. The zero-order valence-electron chi connectivity index (χ0n) is 16.6. The van der Waals surface area contributed by atoms with Crippen molar-refractivity contribution >= 4 is 28.3 Å². The molecule has 1 aliphatic carbocycles. The van der Waals surface area contributed by atoms with Crippen molar-refractivity contribution in [1.29, 1.82) is 0 Å². The number of aromatic nitrogens is 3. The van der Waals surface area contributed by atoms with E-state index in [4.69, 9.17) is 0 Å². The largest absolute Gasteiger partial charge is 0.336 e. The molecule has 0 bridgehead atoms. The maximum absolute atomic E-state index is 13.1. The summed E-state index contributed by atoms with van der Waals surface area (Å²) in [5, 5.41) is 9.95. The van der Waals surface area contributed by atoms with Crippen LogP contribution in [0.15, 0.2) is 17.6 Å². The van der Waals surface area contributed by atoms with Crippen LogP contribution in [0.2, 0.25) is 0 Å². The second kappa shape index (κ2) is 7.31. The molecule has 1 aliphatic heterocycles. The average Bonchev–Trinajstić information content (AvgIpc) is 3.18. The number of anilines is 1. The molecule has 28 heavy (non-hydrogen) atoms. The lowest BCUT2D eigenvalue weighted by Gasteiger charge is -2.31. The van der Waals surface area contributed by atoms with Crippen LogP contribution in [-0.4, -0.2) is 44.6 Å². The van der Waals surface area contributed by atoms with Gasteiger partial charge >= 0.3 is 0 Å². The summed E-state index contributed by atoms with van der Waals surface area (Å²) < 4.78 is 2.01. The molecule has 7 nitrogen and oxygen atoms in total. The third kappa shape index (κ3) is 3.97. The molecule has 1 saturated heterocycles. The number of nitrogens with one attached hydrogen (secondary N) is 1. The van der Waals surface area contributed by atoms with E-state index in [0.717, 1.165) is 31.4 Å². The Bertz CT molecular complexity index is 864. The normalized spacial score (nSPS) is 20.2. The van der Waals surface area contributed by atoms with Crippen LogP contribution in [0.1, 0.15) is 68.6 Å². The van der Waals surface area contributed by atoms with Gasteiger partial charge in [0.15, 0.2) is 10.8 Å². The van der Waals surface area contributed by atoms with Crippen molar-refractivity contribution in [2.75, 3.05) is 18.4 Å². The number of nitrogens with zero attached hydrogens (tertiary/aromatic N) is 4. The lowest BCUT2D eigenvalue weighted by Crippen LogP contribution is -2.44. The Morgan fingerprint density at radius 1 is 1.25 bits per heavy atom. The number of amides is 2. The van der Waals surface area contributed by atoms with E-state index < -0.39 is 0 Å². The summed E-state index contributed by atoms with van der Waals surface area (Å²) in [5.74, 6) is 0.170. The lowest BCUT2D eigenvalue weighted by molar-refractivity contribution is -0.121. The Morgan fingerprint density at radius 3 is 2.68 bits per heavy atom. The van der Waals surface area contributed by atoms with Gasteiger partial charge in [-0.05, 0) is 52.5 Å². The standard InChI is InChI=1S/C20H27N5O2S/c1-20(2,3)25-16(13-6-7-13)11-15(23-25)18(27)24-9-4-5-14(12-24)17(26)22-19-21-8-10-28-19/h8,10-11,13-14H,4-7,9,12H2,1-3H3,(H,21,22,26). The quantitative estimate of drug-likeness (QED) is 0.851. The monoisotopic (exact) mass is 401 g/mol.